The van der Waals surface area contributed by atoms with Crippen molar-refractivity contribution in [3.63, 3.8) is 0 Å². The Morgan fingerprint density at radius 3 is 1.84 bits per heavy atom. The summed E-state index contributed by atoms with van der Waals surface area (Å²) >= 11 is 0. The van der Waals surface area contributed by atoms with Crippen molar-refractivity contribution >= 4 is 11.6 Å². The van der Waals surface area contributed by atoms with Gasteiger partial charge in [-0.05, 0) is 47.0 Å². The molecule has 0 atom stereocenters. The Labute approximate surface area is 148 Å². The zero-order valence-corrected chi connectivity index (χ0v) is 14.7. The van der Waals surface area contributed by atoms with Gasteiger partial charge in [0.15, 0.2) is 0 Å². The summed E-state index contributed by atoms with van der Waals surface area (Å²) in [5.41, 5.74) is 3.41. The van der Waals surface area contributed by atoms with E-state index in [1.165, 1.54) is 5.57 Å². The maximum Gasteiger partial charge on any atom is 0.123 e. The number of rotatable bonds is 6. The molecule has 0 aliphatic heterocycles. The molecule has 0 spiro atoms. The molecule has 0 aromatic heterocycles. The number of hydrogen-bond donors (Lipinski definition) is 0. The number of hydrogen-bond acceptors (Lipinski definition) is 3. The van der Waals surface area contributed by atoms with Gasteiger partial charge in [0.05, 0.1) is 21.3 Å². The van der Waals surface area contributed by atoms with Gasteiger partial charge in [0, 0.05) is 12.0 Å². The van der Waals surface area contributed by atoms with E-state index in [4.69, 9.17) is 14.2 Å². The summed E-state index contributed by atoms with van der Waals surface area (Å²) in [4.78, 5) is 0. The van der Waals surface area contributed by atoms with Crippen LogP contribution in [-0.2, 0) is 0 Å². The largest absolute Gasteiger partial charge is 0.497 e. The van der Waals surface area contributed by atoms with Crippen LogP contribution < -0.4 is 14.2 Å². The second-order valence-corrected chi connectivity index (χ2v) is 5.77. The van der Waals surface area contributed by atoms with Crippen LogP contribution in [0.2, 0.25) is 0 Å². The van der Waals surface area contributed by atoms with Crippen molar-refractivity contribution in [3.8, 4) is 17.2 Å². The zero-order chi connectivity index (χ0) is 17.6. The monoisotopic (exact) mass is 334 g/mol. The average Bonchev–Trinajstić information content (AvgIpc) is 3.20. The minimum atomic E-state index is 0.241. The van der Waals surface area contributed by atoms with E-state index in [9.17, 15) is 0 Å². The van der Waals surface area contributed by atoms with E-state index in [1.54, 1.807) is 21.3 Å². The molecule has 3 rings (SSSR count). The number of methoxy groups -OCH3 is 3. The molecule has 0 saturated heterocycles. The van der Waals surface area contributed by atoms with Crippen molar-refractivity contribution in [2.75, 3.05) is 21.3 Å². The molecule has 0 radical (unpaired) electrons. The van der Waals surface area contributed by atoms with Crippen LogP contribution in [0.25, 0.3) is 11.6 Å². The summed E-state index contributed by atoms with van der Waals surface area (Å²) in [5.74, 6) is 2.64. The lowest BCUT2D eigenvalue weighted by Gasteiger charge is -2.14. The minimum Gasteiger partial charge on any atom is -0.497 e. The van der Waals surface area contributed by atoms with Crippen LogP contribution in [0.5, 0.6) is 17.2 Å². The molecule has 3 heteroatoms. The summed E-state index contributed by atoms with van der Waals surface area (Å²) in [6, 6.07) is 14.0. The maximum absolute atomic E-state index is 5.39. The summed E-state index contributed by atoms with van der Waals surface area (Å²) in [6.45, 7) is 0. The first-order chi connectivity index (χ1) is 12.2. The van der Waals surface area contributed by atoms with Crippen LogP contribution in [0.4, 0.5) is 0 Å². The normalized spacial score (nSPS) is 14.0. The lowest BCUT2D eigenvalue weighted by Crippen LogP contribution is -1.96. The molecule has 0 fully saturated rings. The summed E-state index contributed by atoms with van der Waals surface area (Å²) in [5, 5.41) is 0. The average molecular weight is 334 g/mol. The van der Waals surface area contributed by atoms with Gasteiger partial charge in [0.1, 0.15) is 17.2 Å². The first kappa shape index (κ1) is 16.9. The lowest BCUT2D eigenvalue weighted by molar-refractivity contribution is 0.394. The van der Waals surface area contributed by atoms with E-state index < -0.39 is 0 Å². The smallest absolute Gasteiger partial charge is 0.123 e. The molecule has 128 valence electrons. The van der Waals surface area contributed by atoms with E-state index in [0.29, 0.717) is 0 Å². The quantitative estimate of drug-likeness (QED) is 0.696. The van der Waals surface area contributed by atoms with Crippen LogP contribution in [-0.4, -0.2) is 21.3 Å². The molecule has 2 aromatic carbocycles. The van der Waals surface area contributed by atoms with E-state index >= 15 is 0 Å². The Morgan fingerprint density at radius 1 is 0.760 bits per heavy atom. The van der Waals surface area contributed by atoms with Gasteiger partial charge >= 0.3 is 0 Å². The second kappa shape index (κ2) is 7.75. The third-order valence-corrected chi connectivity index (χ3v) is 4.23. The predicted octanol–water partition coefficient (Wildman–Crippen LogP) is 5.00. The standard InChI is InChI=1S/C22H22O3/c1-23-19-10-8-18(9-11-19)22(17-6-4-5-7-17)14-16-12-20(24-2)15-21(13-16)25-3/h4-15,17H,1-3H3/b22-14+. The van der Waals surface area contributed by atoms with Gasteiger partial charge in [0.25, 0.3) is 0 Å². The molecule has 3 nitrogen and oxygen atoms in total. The Bertz CT molecular complexity index is 779. The van der Waals surface area contributed by atoms with Crippen LogP contribution in [0.3, 0.4) is 0 Å². The molecule has 1 aliphatic rings. The van der Waals surface area contributed by atoms with Gasteiger partial charge in [0.2, 0.25) is 0 Å². The molecule has 2 aromatic rings. The Hall–Kier alpha value is -2.94. The topological polar surface area (TPSA) is 27.7 Å². The highest BCUT2D eigenvalue weighted by Gasteiger charge is 2.14. The van der Waals surface area contributed by atoms with Crippen LogP contribution >= 0.6 is 0 Å². The van der Waals surface area contributed by atoms with Gasteiger partial charge in [-0.3, -0.25) is 0 Å². The molecule has 0 saturated carbocycles. The summed E-state index contributed by atoms with van der Waals surface area (Å²) in [7, 11) is 5.00. The third-order valence-electron chi connectivity index (χ3n) is 4.23. The highest BCUT2D eigenvalue weighted by Crippen LogP contribution is 2.33. The van der Waals surface area contributed by atoms with E-state index in [0.717, 1.165) is 28.4 Å². The Morgan fingerprint density at radius 2 is 1.32 bits per heavy atom. The number of allylic oxidation sites excluding steroid dienone is 5. The van der Waals surface area contributed by atoms with Crippen LogP contribution in [0.1, 0.15) is 11.1 Å². The van der Waals surface area contributed by atoms with Gasteiger partial charge in [-0.25, -0.2) is 0 Å². The highest BCUT2D eigenvalue weighted by molar-refractivity contribution is 5.85. The summed E-state index contributed by atoms with van der Waals surface area (Å²) < 4.78 is 16.0. The molecule has 0 N–H and O–H groups in total. The van der Waals surface area contributed by atoms with Crippen molar-refractivity contribution < 1.29 is 14.2 Å². The summed E-state index contributed by atoms with van der Waals surface area (Å²) in [6.07, 6.45) is 10.7. The zero-order valence-electron chi connectivity index (χ0n) is 14.7. The van der Waals surface area contributed by atoms with Gasteiger partial charge in [-0.2, -0.15) is 0 Å². The molecule has 1 aliphatic carbocycles. The fourth-order valence-corrected chi connectivity index (χ4v) is 2.89. The molecule has 0 bridgehead atoms. The third kappa shape index (κ3) is 3.94. The van der Waals surface area contributed by atoms with E-state index in [-0.39, 0.29) is 5.92 Å². The Balaban J connectivity index is 2.06. The lowest BCUT2D eigenvalue weighted by atomic mass is 9.91. The molecule has 0 heterocycles. The second-order valence-electron chi connectivity index (χ2n) is 5.77. The van der Waals surface area contributed by atoms with Gasteiger partial charge < -0.3 is 14.2 Å². The SMILES string of the molecule is COc1ccc(/C(=C/c2cc(OC)cc(OC)c2)C2C=CC=C2)cc1. The van der Waals surface area contributed by atoms with Gasteiger partial charge in [-0.15, -0.1) is 0 Å². The number of benzene rings is 2. The molecular formula is C22H22O3. The molecule has 0 amide bonds. The van der Waals surface area contributed by atoms with Crippen molar-refractivity contribution in [2.24, 2.45) is 5.92 Å². The van der Waals surface area contributed by atoms with Crippen LogP contribution in [0, 0.1) is 5.92 Å². The Kier molecular flexibility index (Phi) is 5.24. The van der Waals surface area contributed by atoms with Crippen molar-refractivity contribution in [2.45, 2.75) is 0 Å². The highest BCUT2D eigenvalue weighted by atomic mass is 16.5. The van der Waals surface area contributed by atoms with Crippen molar-refractivity contribution in [1.82, 2.24) is 0 Å². The van der Waals surface area contributed by atoms with Gasteiger partial charge in [-0.1, -0.05) is 36.4 Å². The molecule has 25 heavy (non-hydrogen) atoms. The first-order valence-corrected chi connectivity index (χ1v) is 8.17. The van der Waals surface area contributed by atoms with E-state index in [1.807, 2.05) is 30.3 Å². The molecule has 0 unspecified atom stereocenters. The van der Waals surface area contributed by atoms with E-state index in [2.05, 4.69) is 42.5 Å². The first-order valence-electron chi connectivity index (χ1n) is 8.17. The van der Waals surface area contributed by atoms with Crippen molar-refractivity contribution in [1.29, 1.82) is 0 Å². The maximum atomic E-state index is 5.39. The number of ether oxygens (including phenoxy) is 3. The fraction of sp³-hybridized carbons (Fsp3) is 0.182. The van der Waals surface area contributed by atoms with Crippen molar-refractivity contribution in [3.05, 3.63) is 77.9 Å². The van der Waals surface area contributed by atoms with Crippen LogP contribution in [0.15, 0.2) is 66.8 Å². The molecular weight excluding hydrogens is 312 g/mol. The predicted molar refractivity (Wildman–Crippen MR) is 102 cm³/mol. The fourth-order valence-electron chi connectivity index (χ4n) is 2.89. The minimum absolute atomic E-state index is 0.241.